The SMILES string of the molecule is CCOC(=O)C1=C(CN2CCN(c3ccccc3Cl)CC2)NC(=O)N[C@H]1c1ccc(F)cc1. The minimum atomic E-state index is -0.724. The predicted molar refractivity (Wildman–Crippen MR) is 125 cm³/mol. The molecule has 33 heavy (non-hydrogen) atoms. The van der Waals surface area contributed by atoms with Crippen LogP contribution < -0.4 is 15.5 Å². The van der Waals surface area contributed by atoms with Crippen LogP contribution in [-0.2, 0) is 9.53 Å². The van der Waals surface area contributed by atoms with Crippen LogP contribution in [0, 0.1) is 5.82 Å². The Labute approximate surface area is 197 Å². The molecule has 9 heteroatoms. The van der Waals surface area contributed by atoms with E-state index < -0.39 is 23.9 Å². The van der Waals surface area contributed by atoms with E-state index in [1.54, 1.807) is 19.1 Å². The summed E-state index contributed by atoms with van der Waals surface area (Å²) in [5.74, 6) is -0.902. The largest absolute Gasteiger partial charge is 0.463 e. The number of para-hydroxylation sites is 1. The fourth-order valence-corrected chi connectivity index (χ4v) is 4.43. The Hall–Kier alpha value is -3.10. The van der Waals surface area contributed by atoms with Gasteiger partial charge in [0, 0.05) is 38.4 Å². The summed E-state index contributed by atoms with van der Waals surface area (Å²) in [4.78, 5) is 29.7. The highest BCUT2D eigenvalue weighted by Crippen LogP contribution is 2.29. The molecular weight excluding hydrogens is 447 g/mol. The Bertz CT molecular complexity index is 1050. The summed E-state index contributed by atoms with van der Waals surface area (Å²) < 4.78 is 18.7. The van der Waals surface area contributed by atoms with E-state index in [2.05, 4.69) is 20.4 Å². The second-order valence-electron chi connectivity index (χ2n) is 7.91. The van der Waals surface area contributed by atoms with Gasteiger partial charge in [-0.2, -0.15) is 0 Å². The molecule has 174 valence electrons. The van der Waals surface area contributed by atoms with Crippen molar-refractivity contribution in [1.29, 1.82) is 0 Å². The molecule has 0 bridgehead atoms. The summed E-state index contributed by atoms with van der Waals surface area (Å²) in [5, 5.41) is 6.28. The lowest BCUT2D eigenvalue weighted by molar-refractivity contribution is -0.139. The van der Waals surface area contributed by atoms with E-state index in [9.17, 15) is 14.0 Å². The maximum absolute atomic E-state index is 13.4. The Balaban J connectivity index is 1.56. The minimum absolute atomic E-state index is 0.205. The quantitative estimate of drug-likeness (QED) is 0.630. The van der Waals surface area contributed by atoms with Crippen molar-refractivity contribution >= 4 is 29.3 Å². The van der Waals surface area contributed by atoms with Crippen LogP contribution in [0.4, 0.5) is 14.9 Å². The number of amides is 2. The highest BCUT2D eigenvalue weighted by atomic mass is 35.5. The van der Waals surface area contributed by atoms with E-state index in [0.29, 0.717) is 28.4 Å². The fourth-order valence-electron chi connectivity index (χ4n) is 4.18. The molecule has 0 radical (unpaired) electrons. The average molecular weight is 473 g/mol. The molecule has 2 aliphatic rings. The fraction of sp³-hybridized carbons (Fsp3) is 0.333. The maximum Gasteiger partial charge on any atom is 0.338 e. The Kier molecular flexibility index (Phi) is 7.15. The zero-order valence-corrected chi connectivity index (χ0v) is 19.1. The first kappa shape index (κ1) is 23.1. The van der Waals surface area contributed by atoms with Gasteiger partial charge in [0.2, 0.25) is 0 Å². The molecule has 2 aliphatic heterocycles. The van der Waals surface area contributed by atoms with E-state index >= 15 is 0 Å². The van der Waals surface area contributed by atoms with Gasteiger partial charge in [0.25, 0.3) is 0 Å². The molecule has 2 aromatic rings. The number of carbonyl (C=O) groups excluding carboxylic acids is 2. The van der Waals surface area contributed by atoms with E-state index in [4.69, 9.17) is 16.3 Å². The number of esters is 1. The number of halogens is 2. The lowest BCUT2D eigenvalue weighted by atomic mass is 9.95. The van der Waals surface area contributed by atoms with Crippen LogP contribution >= 0.6 is 11.6 Å². The van der Waals surface area contributed by atoms with Gasteiger partial charge in [-0.05, 0) is 36.8 Å². The van der Waals surface area contributed by atoms with Crippen LogP contribution in [0.3, 0.4) is 0 Å². The molecule has 1 saturated heterocycles. The third-order valence-electron chi connectivity index (χ3n) is 5.80. The summed E-state index contributed by atoms with van der Waals surface area (Å²) >= 11 is 6.34. The molecule has 0 unspecified atom stereocenters. The molecule has 0 aromatic heterocycles. The molecule has 1 fully saturated rings. The van der Waals surface area contributed by atoms with Gasteiger partial charge in [-0.1, -0.05) is 35.9 Å². The summed E-state index contributed by atoms with van der Waals surface area (Å²) in [6.45, 7) is 5.31. The van der Waals surface area contributed by atoms with E-state index in [1.165, 1.54) is 12.1 Å². The number of benzene rings is 2. The number of nitrogens with zero attached hydrogens (tertiary/aromatic N) is 2. The summed E-state index contributed by atoms with van der Waals surface area (Å²) in [6, 6.07) is 12.3. The van der Waals surface area contributed by atoms with Gasteiger partial charge in [0.05, 0.1) is 28.9 Å². The van der Waals surface area contributed by atoms with Crippen molar-refractivity contribution in [3.05, 3.63) is 76.2 Å². The molecule has 2 aromatic carbocycles. The molecule has 2 heterocycles. The topological polar surface area (TPSA) is 73.9 Å². The zero-order valence-electron chi connectivity index (χ0n) is 18.3. The van der Waals surface area contributed by atoms with Crippen molar-refractivity contribution in [2.45, 2.75) is 13.0 Å². The number of nitrogens with one attached hydrogen (secondary N) is 2. The highest BCUT2D eigenvalue weighted by molar-refractivity contribution is 6.33. The number of carbonyl (C=O) groups is 2. The van der Waals surface area contributed by atoms with E-state index in [-0.39, 0.29) is 6.61 Å². The normalized spacial score (nSPS) is 19.2. The third-order valence-corrected chi connectivity index (χ3v) is 6.12. The Morgan fingerprint density at radius 3 is 2.48 bits per heavy atom. The number of ether oxygens (including phenoxy) is 1. The van der Waals surface area contributed by atoms with E-state index in [1.807, 2.05) is 24.3 Å². The first-order chi connectivity index (χ1) is 16.0. The van der Waals surface area contributed by atoms with Gasteiger partial charge in [-0.15, -0.1) is 0 Å². The van der Waals surface area contributed by atoms with Gasteiger partial charge < -0.3 is 20.3 Å². The van der Waals surface area contributed by atoms with Crippen molar-refractivity contribution in [2.75, 3.05) is 44.2 Å². The number of anilines is 1. The zero-order chi connectivity index (χ0) is 23.4. The number of rotatable bonds is 6. The standard InChI is InChI=1S/C24H26ClFN4O3/c1-2-33-23(31)21-19(27-24(32)28-22(21)16-7-9-17(26)10-8-16)15-29-11-13-30(14-12-29)20-6-4-3-5-18(20)25/h3-10,22H,2,11-15H2,1H3,(H2,27,28,32)/t22-/m0/s1. The highest BCUT2D eigenvalue weighted by Gasteiger charge is 2.34. The first-order valence-electron chi connectivity index (χ1n) is 10.9. The number of urea groups is 1. The molecule has 2 N–H and O–H groups in total. The molecule has 0 spiro atoms. The van der Waals surface area contributed by atoms with Gasteiger partial charge in [0.15, 0.2) is 0 Å². The van der Waals surface area contributed by atoms with Crippen molar-refractivity contribution in [2.24, 2.45) is 0 Å². The smallest absolute Gasteiger partial charge is 0.338 e. The van der Waals surface area contributed by atoms with Crippen LogP contribution in [0.2, 0.25) is 5.02 Å². The van der Waals surface area contributed by atoms with Crippen LogP contribution in [0.25, 0.3) is 0 Å². The lowest BCUT2D eigenvalue weighted by Gasteiger charge is -2.38. The second kappa shape index (κ2) is 10.2. The molecule has 0 aliphatic carbocycles. The number of hydrogen-bond acceptors (Lipinski definition) is 5. The van der Waals surface area contributed by atoms with E-state index in [0.717, 1.165) is 31.9 Å². The van der Waals surface area contributed by atoms with Crippen molar-refractivity contribution < 1.29 is 18.7 Å². The van der Waals surface area contributed by atoms with Gasteiger partial charge in [-0.3, -0.25) is 4.90 Å². The van der Waals surface area contributed by atoms with Gasteiger partial charge >= 0.3 is 12.0 Å². The van der Waals surface area contributed by atoms with Gasteiger partial charge in [-0.25, -0.2) is 14.0 Å². The monoisotopic (exact) mass is 472 g/mol. The van der Waals surface area contributed by atoms with Crippen molar-refractivity contribution in [3.63, 3.8) is 0 Å². The van der Waals surface area contributed by atoms with Crippen LogP contribution in [0.1, 0.15) is 18.5 Å². The number of piperazine rings is 1. The van der Waals surface area contributed by atoms with Crippen molar-refractivity contribution in [3.8, 4) is 0 Å². The minimum Gasteiger partial charge on any atom is -0.463 e. The summed E-state index contributed by atoms with van der Waals surface area (Å²) in [6.07, 6.45) is 0. The molecule has 7 nitrogen and oxygen atoms in total. The Morgan fingerprint density at radius 2 is 1.82 bits per heavy atom. The molecule has 2 amide bonds. The van der Waals surface area contributed by atoms with Crippen LogP contribution in [-0.4, -0.2) is 56.2 Å². The average Bonchev–Trinajstić information content (AvgIpc) is 2.80. The molecule has 1 atom stereocenters. The first-order valence-corrected chi connectivity index (χ1v) is 11.3. The summed E-state index contributed by atoms with van der Waals surface area (Å²) in [5.41, 5.74) is 2.43. The Morgan fingerprint density at radius 1 is 1.12 bits per heavy atom. The molecule has 4 rings (SSSR count). The van der Waals surface area contributed by atoms with Crippen molar-refractivity contribution in [1.82, 2.24) is 15.5 Å². The van der Waals surface area contributed by atoms with Gasteiger partial charge in [0.1, 0.15) is 5.82 Å². The summed E-state index contributed by atoms with van der Waals surface area (Å²) in [7, 11) is 0. The van der Waals surface area contributed by atoms with Crippen LogP contribution in [0.5, 0.6) is 0 Å². The maximum atomic E-state index is 13.4. The lowest BCUT2D eigenvalue weighted by Crippen LogP contribution is -2.51. The van der Waals surface area contributed by atoms with Crippen LogP contribution in [0.15, 0.2) is 59.8 Å². The molecular formula is C24H26ClFN4O3. The third kappa shape index (κ3) is 5.29. The number of hydrogen-bond donors (Lipinski definition) is 2. The molecule has 0 saturated carbocycles. The predicted octanol–water partition coefficient (Wildman–Crippen LogP) is 3.47. The second-order valence-corrected chi connectivity index (χ2v) is 8.32.